The molecule has 7 heteroatoms. The predicted octanol–water partition coefficient (Wildman–Crippen LogP) is 5.01. The van der Waals surface area contributed by atoms with Crippen molar-refractivity contribution < 1.29 is 9.53 Å². The molecule has 2 heterocycles. The van der Waals surface area contributed by atoms with Crippen molar-refractivity contribution in [3.8, 4) is 5.75 Å². The first kappa shape index (κ1) is 19.3. The smallest absolute Gasteiger partial charge is 0.250 e. The highest BCUT2D eigenvalue weighted by Gasteiger charge is 2.07. The van der Waals surface area contributed by atoms with Crippen LogP contribution in [0.1, 0.15) is 33.8 Å². The van der Waals surface area contributed by atoms with Crippen LogP contribution in [0.5, 0.6) is 5.75 Å². The molecular formula is C20H21N3O2S2. The van der Waals surface area contributed by atoms with Crippen LogP contribution in [0.25, 0.3) is 6.08 Å². The Hall–Kier alpha value is -2.51. The summed E-state index contributed by atoms with van der Waals surface area (Å²) in [5, 5.41) is 6.47. The van der Waals surface area contributed by atoms with E-state index in [2.05, 4.69) is 22.2 Å². The van der Waals surface area contributed by atoms with Crippen LogP contribution < -0.4 is 10.1 Å². The zero-order valence-corrected chi connectivity index (χ0v) is 17.1. The summed E-state index contributed by atoms with van der Waals surface area (Å²) in [7, 11) is 0. The van der Waals surface area contributed by atoms with Crippen molar-refractivity contribution >= 4 is 39.8 Å². The fraction of sp³-hybridized carbons (Fsp3) is 0.250. The van der Waals surface area contributed by atoms with Crippen LogP contribution in [0.2, 0.25) is 0 Å². The van der Waals surface area contributed by atoms with Gasteiger partial charge >= 0.3 is 0 Å². The standard InChI is InChI=1S/C20H21N3O2S2/c1-4-18-13(2)27-20(22-18)23-19(24)9-8-15-6-5-7-17(10-15)25-11-16-12-26-14(3)21-16/h5-10,12H,4,11H2,1-3H3,(H,22,23,24)/b9-8+. The first-order valence-electron chi connectivity index (χ1n) is 8.62. The van der Waals surface area contributed by atoms with Gasteiger partial charge in [-0.25, -0.2) is 9.97 Å². The van der Waals surface area contributed by atoms with Crippen LogP contribution in [0.15, 0.2) is 35.7 Å². The lowest BCUT2D eigenvalue weighted by atomic mass is 10.2. The molecule has 0 bridgehead atoms. The average molecular weight is 400 g/mol. The average Bonchev–Trinajstić information content (AvgIpc) is 3.23. The van der Waals surface area contributed by atoms with E-state index in [1.807, 2.05) is 43.5 Å². The second-order valence-electron chi connectivity index (χ2n) is 5.92. The maximum absolute atomic E-state index is 12.1. The Balaban J connectivity index is 1.58. The minimum atomic E-state index is -0.198. The fourth-order valence-electron chi connectivity index (χ4n) is 2.47. The van der Waals surface area contributed by atoms with E-state index in [9.17, 15) is 4.79 Å². The number of thiazole rings is 2. The topological polar surface area (TPSA) is 64.1 Å². The Labute approximate surface area is 166 Å². The molecule has 3 aromatic rings. The summed E-state index contributed by atoms with van der Waals surface area (Å²) < 4.78 is 5.78. The normalized spacial score (nSPS) is 11.1. The molecule has 1 amide bonds. The number of carbonyl (C=O) groups excluding carboxylic acids is 1. The number of hydrogen-bond acceptors (Lipinski definition) is 6. The molecule has 0 aliphatic heterocycles. The van der Waals surface area contributed by atoms with E-state index in [4.69, 9.17) is 4.74 Å². The number of aromatic nitrogens is 2. The van der Waals surface area contributed by atoms with Gasteiger partial charge in [-0.1, -0.05) is 19.1 Å². The third kappa shape index (κ3) is 5.48. The zero-order valence-electron chi connectivity index (χ0n) is 15.5. The largest absolute Gasteiger partial charge is 0.487 e. The highest BCUT2D eigenvalue weighted by atomic mass is 32.1. The Bertz CT molecular complexity index is 960. The van der Waals surface area contributed by atoms with Crippen LogP contribution in [0.3, 0.4) is 0 Å². The molecule has 0 radical (unpaired) electrons. The molecule has 0 atom stereocenters. The molecule has 0 fully saturated rings. The Morgan fingerprint density at radius 1 is 1.30 bits per heavy atom. The van der Waals surface area contributed by atoms with E-state index in [1.165, 1.54) is 17.4 Å². The molecule has 140 valence electrons. The lowest BCUT2D eigenvalue weighted by Crippen LogP contribution is -2.07. The maximum atomic E-state index is 12.1. The third-order valence-electron chi connectivity index (χ3n) is 3.80. The predicted molar refractivity (Wildman–Crippen MR) is 112 cm³/mol. The number of ether oxygens (including phenoxy) is 1. The number of carbonyl (C=O) groups is 1. The molecule has 0 spiro atoms. The van der Waals surface area contributed by atoms with Gasteiger partial charge < -0.3 is 4.74 Å². The summed E-state index contributed by atoms with van der Waals surface area (Å²) in [6.07, 6.45) is 4.13. The van der Waals surface area contributed by atoms with Crippen LogP contribution in [0.4, 0.5) is 5.13 Å². The van der Waals surface area contributed by atoms with E-state index in [1.54, 1.807) is 17.4 Å². The van der Waals surface area contributed by atoms with Crippen LogP contribution in [-0.4, -0.2) is 15.9 Å². The number of aryl methyl sites for hydroxylation is 3. The molecule has 1 N–H and O–H groups in total. The Kier molecular flexibility index (Phi) is 6.36. The van der Waals surface area contributed by atoms with Gasteiger partial charge in [-0.2, -0.15) is 0 Å². The summed E-state index contributed by atoms with van der Waals surface area (Å²) in [6.45, 7) is 6.47. The summed E-state index contributed by atoms with van der Waals surface area (Å²) in [5.41, 5.74) is 2.84. The second kappa shape index (κ2) is 8.92. The lowest BCUT2D eigenvalue weighted by Gasteiger charge is -2.05. The van der Waals surface area contributed by atoms with Gasteiger partial charge in [0.1, 0.15) is 12.4 Å². The molecule has 27 heavy (non-hydrogen) atoms. The van der Waals surface area contributed by atoms with Crippen LogP contribution in [0, 0.1) is 13.8 Å². The third-order valence-corrected chi connectivity index (χ3v) is 5.55. The first-order valence-corrected chi connectivity index (χ1v) is 10.3. The van der Waals surface area contributed by atoms with Crippen LogP contribution >= 0.6 is 22.7 Å². The van der Waals surface area contributed by atoms with Crippen LogP contribution in [-0.2, 0) is 17.8 Å². The number of nitrogens with one attached hydrogen (secondary N) is 1. The van der Waals surface area contributed by atoms with Gasteiger partial charge in [0.2, 0.25) is 5.91 Å². The molecule has 5 nitrogen and oxygen atoms in total. The number of hydrogen-bond donors (Lipinski definition) is 1. The Morgan fingerprint density at radius 2 is 2.15 bits per heavy atom. The highest BCUT2D eigenvalue weighted by Crippen LogP contribution is 2.22. The van der Waals surface area contributed by atoms with Gasteiger partial charge in [-0.15, -0.1) is 22.7 Å². The SMILES string of the molecule is CCc1nc(NC(=O)/C=C/c2cccc(OCc3csc(C)n3)c2)sc1C. The summed E-state index contributed by atoms with van der Waals surface area (Å²) in [6, 6.07) is 7.61. The molecule has 1 aromatic carbocycles. The van der Waals surface area contributed by atoms with Crippen molar-refractivity contribution in [2.75, 3.05) is 5.32 Å². The summed E-state index contributed by atoms with van der Waals surface area (Å²) in [5.74, 6) is 0.544. The van der Waals surface area contributed by atoms with Gasteiger partial charge in [0.05, 0.1) is 16.4 Å². The number of anilines is 1. The molecule has 0 aliphatic rings. The summed E-state index contributed by atoms with van der Waals surface area (Å²) in [4.78, 5) is 22.1. The van der Waals surface area contributed by atoms with E-state index < -0.39 is 0 Å². The highest BCUT2D eigenvalue weighted by molar-refractivity contribution is 7.15. The molecule has 0 aliphatic carbocycles. The van der Waals surface area contributed by atoms with E-state index in [0.29, 0.717) is 11.7 Å². The monoisotopic (exact) mass is 399 g/mol. The van der Waals surface area contributed by atoms with Crippen molar-refractivity contribution in [2.45, 2.75) is 33.8 Å². The van der Waals surface area contributed by atoms with Gasteiger partial charge in [0, 0.05) is 16.3 Å². The fourth-order valence-corrected chi connectivity index (χ4v) is 3.97. The molecule has 0 saturated heterocycles. The second-order valence-corrected chi connectivity index (χ2v) is 8.18. The van der Waals surface area contributed by atoms with Crippen molar-refractivity contribution in [3.63, 3.8) is 0 Å². The van der Waals surface area contributed by atoms with E-state index in [0.717, 1.165) is 39.0 Å². The van der Waals surface area contributed by atoms with Gasteiger partial charge in [0.25, 0.3) is 0 Å². The molecule has 0 unspecified atom stereocenters. The zero-order chi connectivity index (χ0) is 19.2. The number of rotatable bonds is 7. The molecule has 0 saturated carbocycles. The minimum Gasteiger partial charge on any atom is -0.487 e. The Morgan fingerprint density at radius 3 is 2.85 bits per heavy atom. The quantitative estimate of drug-likeness (QED) is 0.567. The maximum Gasteiger partial charge on any atom is 0.250 e. The van der Waals surface area contributed by atoms with Gasteiger partial charge in [-0.05, 0) is 44.0 Å². The summed E-state index contributed by atoms with van der Waals surface area (Å²) >= 11 is 3.10. The van der Waals surface area contributed by atoms with E-state index in [-0.39, 0.29) is 5.91 Å². The van der Waals surface area contributed by atoms with Crippen molar-refractivity contribution in [1.82, 2.24) is 9.97 Å². The van der Waals surface area contributed by atoms with E-state index >= 15 is 0 Å². The van der Waals surface area contributed by atoms with Crippen molar-refractivity contribution in [1.29, 1.82) is 0 Å². The molecule has 3 rings (SSSR count). The molecule has 2 aromatic heterocycles. The van der Waals surface area contributed by atoms with Gasteiger partial charge in [-0.3, -0.25) is 10.1 Å². The lowest BCUT2D eigenvalue weighted by molar-refractivity contribution is -0.111. The minimum absolute atomic E-state index is 0.198. The molecular weight excluding hydrogens is 378 g/mol. The van der Waals surface area contributed by atoms with Crippen molar-refractivity contribution in [2.24, 2.45) is 0 Å². The van der Waals surface area contributed by atoms with Gasteiger partial charge in [0.15, 0.2) is 5.13 Å². The number of benzene rings is 1. The van der Waals surface area contributed by atoms with Crippen molar-refractivity contribution in [3.05, 3.63) is 62.6 Å². The first-order chi connectivity index (χ1) is 13.0. The number of amides is 1. The number of nitrogens with zero attached hydrogens (tertiary/aromatic N) is 2.